The Bertz CT molecular complexity index is 629. The van der Waals surface area contributed by atoms with Crippen molar-refractivity contribution in [3.05, 3.63) is 46.4 Å². The Hall–Kier alpha value is -2.15. The first-order chi connectivity index (χ1) is 8.99. The summed E-state index contributed by atoms with van der Waals surface area (Å²) in [4.78, 5) is 14.8. The van der Waals surface area contributed by atoms with Gasteiger partial charge in [-0.05, 0) is 28.1 Å². The summed E-state index contributed by atoms with van der Waals surface area (Å²) in [5.41, 5.74) is 10.8. The van der Waals surface area contributed by atoms with Crippen LogP contribution in [0.3, 0.4) is 0 Å². The summed E-state index contributed by atoms with van der Waals surface area (Å²) in [5, 5.41) is 0. The molecule has 4 N–H and O–H groups in total. The molecule has 0 saturated heterocycles. The Labute approximate surface area is 116 Å². The highest BCUT2D eigenvalue weighted by Crippen LogP contribution is 2.34. The fourth-order valence-electron chi connectivity index (χ4n) is 1.42. The van der Waals surface area contributed by atoms with Crippen molar-refractivity contribution in [2.24, 2.45) is 5.73 Å². The van der Waals surface area contributed by atoms with Crippen molar-refractivity contribution in [1.82, 2.24) is 4.98 Å². The van der Waals surface area contributed by atoms with E-state index in [1.165, 1.54) is 24.5 Å². The molecule has 0 aliphatic rings. The zero-order chi connectivity index (χ0) is 14.0. The quantitative estimate of drug-likeness (QED) is 0.906. The number of halogens is 2. The van der Waals surface area contributed by atoms with E-state index in [1.54, 1.807) is 0 Å². The van der Waals surface area contributed by atoms with Crippen LogP contribution >= 0.6 is 15.9 Å². The van der Waals surface area contributed by atoms with Gasteiger partial charge in [-0.25, -0.2) is 4.39 Å². The number of nitrogen functional groups attached to an aromatic ring is 1. The van der Waals surface area contributed by atoms with E-state index < -0.39 is 11.7 Å². The van der Waals surface area contributed by atoms with Crippen LogP contribution in [-0.2, 0) is 0 Å². The highest BCUT2D eigenvalue weighted by atomic mass is 79.9. The lowest BCUT2D eigenvalue weighted by Gasteiger charge is -2.10. The Morgan fingerprint density at radius 1 is 1.37 bits per heavy atom. The second-order valence-corrected chi connectivity index (χ2v) is 4.50. The number of nitrogens with two attached hydrogens (primary N) is 2. The minimum absolute atomic E-state index is 0.195. The predicted octanol–water partition coefficient (Wildman–Crippen LogP) is 2.46. The maximum absolute atomic E-state index is 13.6. The van der Waals surface area contributed by atoms with Gasteiger partial charge in [0.05, 0.1) is 21.9 Å². The summed E-state index contributed by atoms with van der Waals surface area (Å²) >= 11 is 3.23. The smallest absolute Gasteiger partial charge is 0.251 e. The third-order valence-electron chi connectivity index (χ3n) is 2.31. The molecule has 0 aliphatic heterocycles. The molecule has 1 heterocycles. The van der Waals surface area contributed by atoms with Crippen LogP contribution in [-0.4, -0.2) is 10.9 Å². The molecule has 0 bridgehead atoms. The molecule has 1 aromatic heterocycles. The normalized spacial score (nSPS) is 10.2. The molecule has 0 radical (unpaired) electrons. The summed E-state index contributed by atoms with van der Waals surface area (Å²) < 4.78 is 19.6. The van der Waals surface area contributed by atoms with Crippen molar-refractivity contribution >= 4 is 27.5 Å². The Morgan fingerprint density at radius 2 is 2.11 bits per heavy atom. The van der Waals surface area contributed by atoms with E-state index in [1.807, 2.05) is 0 Å². The third kappa shape index (κ3) is 2.82. The first-order valence-electron chi connectivity index (χ1n) is 5.15. The van der Waals surface area contributed by atoms with Crippen LogP contribution < -0.4 is 16.2 Å². The SMILES string of the molecule is NC(=O)c1ccc(Oc2c(N)cncc2Br)cc1F. The van der Waals surface area contributed by atoms with Gasteiger partial charge in [0.15, 0.2) is 5.75 Å². The maximum atomic E-state index is 13.6. The minimum Gasteiger partial charge on any atom is -0.454 e. The fraction of sp³-hybridized carbons (Fsp3) is 0. The van der Waals surface area contributed by atoms with E-state index in [4.69, 9.17) is 16.2 Å². The predicted molar refractivity (Wildman–Crippen MR) is 71.3 cm³/mol. The standard InChI is InChI=1S/C12H9BrFN3O2/c13-8-4-17-5-10(15)11(8)19-6-1-2-7(12(16)18)9(14)3-6/h1-5H,15H2,(H2,16,18). The summed E-state index contributed by atoms with van der Waals surface area (Å²) in [7, 11) is 0. The second-order valence-electron chi connectivity index (χ2n) is 3.65. The van der Waals surface area contributed by atoms with Crippen molar-refractivity contribution in [3.8, 4) is 11.5 Å². The summed E-state index contributed by atoms with van der Waals surface area (Å²) in [6.45, 7) is 0. The molecule has 19 heavy (non-hydrogen) atoms. The largest absolute Gasteiger partial charge is 0.454 e. The molecule has 0 atom stereocenters. The zero-order valence-electron chi connectivity index (χ0n) is 9.56. The van der Waals surface area contributed by atoms with Crippen molar-refractivity contribution in [1.29, 1.82) is 0 Å². The molecule has 0 fully saturated rings. The second kappa shape index (κ2) is 5.23. The lowest BCUT2D eigenvalue weighted by atomic mass is 10.2. The molecule has 2 aromatic rings. The molecule has 1 aromatic carbocycles. The first-order valence-corrected chi connectivity index (χ1v) is 5.94. The molecule has 0 saturated carbocycles. The van der Waals surface area contributed by atoms with E-state index in [2.05, 4.69) is 20.9 Å². The number of primary amides is 1. The highest BCUT2D eigenvalue weighted by Gasteiger charge is 2.12. The van der Waals surface area contributed by atoms with Crippen molar-refractivity contribution in [3.63, 3.8) is 0 Å². The number of anilines is 1. The number of nitrogens with zero attached hydrogens (tertiary/aromatic N) is 1. The van der Waals surface area contributed by atoms with Crippen molar-refractivity contribution < 1.29 is 13.9 Å². The number of amides is 1. The number of ether oxygens (including phenoxy) is 1. The van der Waals surface area contributed by atoms with Gasteiger partial charge >= 0.3 is 0 Å². The fourth-order valence-corrected chi connectivity index (χ4v) is 1.85. The molecule has 0 spiro atoms. The van der Waals surface area contributed by atoms with Gasteiger partial charge in [-0.1, -0.05) is 0 Å². The number of hydrogen-bond donors (Lipinski definition) is 2. The van der Waals surface area contributed by atoms with Crippen LogP contribution in [0.4, 0.5) is 10.1 Å². The number of carbonyl (C=O) groups is 1. The lowest BCUT2D eigenvalue weighted by molar-refractivity contribution is 0.0996. The molecule has 1 amide bonds. The van der Waals surface area contributed by atoms with Gasteiger partial charge < -0.3 is 16.2 Å². The summed E-state index contributed by atoms with van der Waals surface area (Å²) in [6, 6.07) is 3.74. The highest BCUT2D eigenvalue weighted by molar-refractivity contribution is 9.10. The summed E-state index contributed by atoms with van der Waals surface area (Å²) in [5.74, 6) is -1.08. The zero-order valence-corrected chi connectivity index (χ0v) is 11.1. The third-order valence-corrected chi connectivity index (χ3v) is 2.87. The summed E-state index contributed by atoms with van der Waals surface area (Å²) in [6.07, 6.45) is 2.91. The van der Waals surface area contributed by atoms with Gasteiger partial charge in [-0.3, -0.25) is 9.78 Å². The van der Waals surface area contributed by atoms with E-state index in [9.17, 15) is 9.18 Å². The molecular formula is C12H9BrFN3O2. The van der Waals surface area contributed by atoms with Crippen molar-refractivity contribution in [2.75, 3.05) is 5.73 Å². The van der Waals surface area contributed by atoms with Crippen LogP contribution in [0, 0.1) is 5.82 Å². The van der Waals surface area contributed by atoms with Crippen LogP contribution in [0.2, 0.25) is 0 Å². The van der Waals surface area contributed by atoms with Gasteiger partial charge in [-0.15, -0.1) is 0 Å². The number of rotatable bonds is 3. The van der Waals surface area contributed by atoms with Crippen LogP contribution in [0.25, 0.3) is 0 Å². The van der Waals surface area contributed by atoms with Gasteiger partial charge in [0.25, 0.3) is 5.91 Å². The van der Waals surface area contributed by atoms with Gasteiger partial charge in [0.2, 0.25) is 0 Å². The van der Waals surface area contributed by atoms with Crippen LogP contribution in [0.15, 0.2) is 35.1 Å². The lowest BCUT2D eigenvalue weighted by Crippen LogP contribution is -2.12. The Kier molecular flexibility index (Phi) is 3.66. The average Bonchev–Trinajstić information content (AvgIpc) is 2.33. The number of hydrogen-bond acceptors (Lipinski definition) is 4. The molecule has 98 valence electrons. The van der Waals surface area contributed by atoms with Crippen LogP contribution in [0.1, 0.15) is 10.4 Å². The molecule has 2 rings (SSSR count). The maximum Gasteiger partial charge on any atom is 0.251 e. The first kappa shape index (κ1) is 13.3. The Balaban J connectivity index is 2.34. The van der Waals surface area contributed by atoms with Crippen molar-refractivity contribution in [2.45, 2.75) is 0 Å². The van der Waals surface area contributed by atoms with E-state index in [-0.39, 0.29) is 11.3 Å². The molecule has 0 aliphatic carbocycles. The number of benzene rings is 1. The number of pyridine rings is 1. The van der Waals surface area contributed by atoms with Crippen LogP contribution in [0.5, 0.6) is 11.5 Å². The monoisotopic (exact) mass is 325 g/mol. The molecule has 7 heteroatoms. The van der Waals surface area contributed by atoms with E-state index in [0.29, 0.717) is 15.9 Å². The minimum atomic E-state index is -0.839. The molecule has 5 nitrogen and oxygen atoms in total. The number of carbonyl (C=O) groups excluding carboxylic acids is 1. The molecule has 0 unspecified atom stereocenters. The van der Waals surface area contributed by atoms with Gasteiger partial charge in [0, 0.05) is 12.3 Å². The number of aromatic nitrogens is 1. The Morgan fingerprint density at radius 3 is 2.68 bits per heavy atom. The van der Waals surface area contributed by atoms with Gasteiger partial charge in [-0.2, -0.15) is 0 Å². The van der Waals surface area contributed by atoms with E-state index >= 15 is 0 Å². The average molecular weight is 326 g/mol. The topological polar surface area (TPSA) is 91.2 Å². The van der Waals surface area contributed by atoms with E-state index in [0.717, 1.165) is 6.07 Å². The molecular weight excluding hydrogens is 317 g/mol. The van der Waals surface area contributed by atoms with Gasteiger partial charge in [0.1, 0.15) is 11.6 Å².